The van der Waals surface area contributed by atoms with Crippen LogP contribution in [0.25, 0.3) is 0 Å². The molecule has 0 fully saturated rings. The highest BCUT2D eigenvalue weighted by Crippen LogP contribution is 2.25. The predicted molar refractivity (Wildman–Crippen MR) is 74.1 cm³/mol. The van der Waals surface area contributed by atoms with Gasteiger partial charge in [0.05, 0.1) is 5.41 Å². The summed E-state index contributed by atoms with van der Waals surface area (Å²) < 4.78 is 0. The molecular formula is C14H20N2O3. The van der Waals surface area contributed by atoms with Gasteiger partial charge in [0, 0.05) is 12.2 Å². The normalized spacial score (nSPS) is 10.8. The van der Waals surface area contributed by atoms with Gasteiger partial charge in [0.25, 0.3) is 0 Å². The lowest BCUT2D eigenvalue weighted by atomic mass is 9.82. The number of amides is 2. The van der Waals surface area contributed by atoms with Crippen LogP contribution in [0.15, 0.2) is 30.3 Å². The van der Waals surface area contributed by atoms with E-state index >= 15 is 0 Å². The molecule has 0 radical (unpaired) electrons. The molecule has 0 aromatic heterocycles. The molecule has 2 amide bonds. The minimum absolute atomic E-state index is 0.119. The van der Waals surface area contributed by atoms with Crippen LogP contribution in [-0.2, 0) is 4.79 Å². The molecule has 0 unspecified atom stereocenters. The van der Waals surface area contributed by atoms with Crippen LogP contribution >= 0.6 is 0 Å². The summed E-state index contributed by atoms with van der Waals surface area (Å²) in [6.45, 7) is 3.75. The maximum absolute atomic E-state index is 11.7. The van der Waals surface area contributed by atoms with Gasteiger partial charge in [-0.1, -0.05) is 32.0 Å². The third-order valence-electron chi connectivity index (χ3n) is 3.43. The van der Waals surface area contributed by atoms with E-state index in [1.807, 2.05) is 32.0 Å². The van der Waals surface area contributed by atoms with Crippen LogP contribution in [0.3, 0.4) is 0 Å². The maximum Gasteiger partial charge on any atom is 0.319 e. The van der Waals surface area contributed by atoms with Gasteiger partial charge < -0.3 is 15.7 Å². The van der Waals surface area contributed by atoms with E-state index in [0.717, 1.165) is 0 Å². The lowest BCUT2D eigenvalue weighted by Gasteiger charge is -2.26. The average molecular weight is 264 g/mol. The molecule has 0 saturated carbocycles. The number of aliphatic carboxylic acids is 1. The number of para-hydroxylation sites is 1. The summed E-state index contributed by atoms with van der Waals surface area (Å²) >= 11 is 0. The molecule has 0 saturated heterocycles. The fourth-order valence-corrected chi connectivity index (χ4v) is 1.82. The Balaban J connectivity index is 2.56. The second-order valence-electron chi connectivity index (χ2n) is 4.47. The van der Waals surface area contributed by atoms with Crippen molar-refractivity contribution in [1.29, 1.82) is 0 Å². The molecule has 104 valence electrons. The summed E-state index contributed by atoms with van der Waals surface area (Å²) in [7, 11) is 0. The van der Waals surface area contributed by atoms with Gasteiger partial charge in [-0.15, -0.1) is 0 Å². The Morgan fingerprint density at radius 1 is 1.16 bits per heavy atom. The monoisotopic (exact) mass is 264 g/mol. The first-order chi connectivity index (χ1) is 9.04. The smallest absolute Gasteiger partial charge is 0.319 e. The van der Waals surface area contributed by atoms with E-state index in [9.17, 15) is 14.7 Å². The number of carboxylic acids is 1. The third kappa shape index (κ3) is 3.98. The van der Waals surface area contributed by atoms with E-state index in [-0.39, 0.29) is 6.54 Å². The lowest BCUT2D eigenvalue weighted by Crippen LogP contribution is -2.43. The molecule has 0 spiro atoms. The number of hydrogen-bond donors (Lipinski definition) is 3. The molecular weight excluding hydrogens is 244 g/mol. The Morgan fingerprint density at radius 3 is 2.21 bits per heavy atom. The highest BCUT2D eigenvalue weighted by atomic mass is 16.4. The molecule has 0 bridgehead atoms. The zero-order chi connectivity index (χ0) is 14.3. The number of carbonyl (C=O) groups excluding carboxylic acids is 1. The zero-order valence-corrected chi connectivity index (χ0v) is 11.3. The van der Waals surface area contributed by atoms with Crippen molar-refractivity contribution in [3.8, 4) is 0 Å². The van der Waals surface area contributed by atoms with E-state index < -0.39 is 17.4 Å². The summed E-state index contributed by atoms with van der Waals surface area (Å²) in [4.78, 5) is 23.0. The highest BCUT2D eigenvalue weighted by molar-refractivity contribution is 5.89. The standard InChI is InChI=1S/C14H20N2O3/c1-3-14(4-2,12(17)18)10-15-13(19)16-11-8-6-5-7-9-11/h5-9H,3-4,10H2,1-2H3,(H,17,18)(H2,15,16,19). The van der Waals surface area contributed by atoms with Crippen LogP contribution in [0.4, 0.5) is 10.5 Å². The summed E-state index contributed by atoms with van der Waals surface area (Å²) in [5, 5.41) is 14.5. The van der Waals surface area contributed by atoms with Crippen molar-refractivity contribution >= 4 is 17.7 Å². The second-order valence-corrected chi connectivity index (χ2v) is 4.47. The fourth-order valence-electron chi connectivity index (χ4n) is 1.82. The molecule has 5 nitrogen and oxygen atoms in total. The topological polar surface area (TPSA) is 78.4 Å². The molecule has 0 aliphatic rings. The van der Waals surface area contributed by atoms with Crippen molar-refractivity contribution < 1.29 is 14.7 Å². The Kier molecular flexibility index (Phi) is 5.36. The first-order valence-corrected chi connectivity index (χ1v) is 6.37. The van der Waals surface area contributed by atoms with Gasteiger partial charge in [-0.3, -0.25) is 4.79 Å². The van der Waals surface area contributed by atoms with Crippen LogP contribution in [-0.4, -0.2) is 23.7 Å². The van der Waals surface area contributed by atoms with Gasteiger partial charge in [-0.25, -0.2) is 4.79 Å². The first kappa shape index (κ1) is 15.0. The number of urea groups is 1. The van der Waals surface area contributed by atoms with Gasteiger partial charge in [0.2, 0.25) is 0 Å². The van der Waals surface area contributed by atoms with Crippen LogP contribution in [0, 0.1) is 5.41 Å². The minimum atomic E-state index is -0.895. The van der Waals surface area contributed by atoms with Gasteiger partial charge in [0.15, 0.2) is 0 Å². The quantitative estimate of drug-likeness (QED) is 0.739. The Bertz CT molecular complexity index is 428. The van der Waals surface area contributed by atoms with E-state index in [4.69, 9.17) is 0 Å². The van der Waals surface area contributed by atoms with Crippen LogP contribution in [0.1, 0.15) is 26.7 Å². The Morgan fingerprint density at radius 2 is 1.74 bits per heavy atom. The number of carbonyl (C=O) groups is 2. The molecule has 0 atom stereocenters. The fraction of sp³-hybridized carbons (Fsp3) is 0.429. The first-order valence-electron chi connectivity index (χ1n) is 6.37. The SMILES string of the molecule is CCC(CC)(CNC(=O)Nc1ccccc1)C(=O)O. The maximum atomic E-state index is 11.7. The van der Waals surface area contributed by atoms with Crippen molar-refractivity contribution in [3.05, 3.63) is 30.3 Å². The lowest BCUT2D eigenvalue weighted by molar-refractivity contribution is -0.149. The average Bonchev–Trinajstić information content (AvgIpc) is 2.41. The van der Waals surface area contributed by atoms with Crippen LogP contribution < -0.4 is 10.6 Å². The van der Waals surface area contributed by atoms with E-state index in [2.05, 4.69) is 10.6 Å². The van der Waals surface area contributed by atoms with Crippen molar-refractivity contribution in [2.75, 3.05) is 11.9 Å². The van der Waals surface area contributed by atoms with Crippen molar-refractivity contribution in [2.24, 2.45) is 5.41 Å². The Labute approximate surface area is 113 Å². The van der Waals surface area contributed by atoms with Crippen LogP contribution in [0.2, 0.25) is 0 Å². The molecule has 19 heavy (non-hydrogen) atoms. The summed E-state index contributed by atoms with van der Waals surface area (Å²) in [5.41, 5.74) is -0.220. The molecule has 0 aliphatic carbocycles. The number of carboxylic acid groups (broad SMARTS) is 1. The van der Waals surface area contributed by atoms with E-state index in [1.54, 1.807) is 12.1 Å². The number of anilines is 1. The number of rotatable bonds is 6. The Hall–Kier alpha value is -2.04. The largest absolute Gasteiger partial charge is 0.481 e. The predicted octanol–water partition coefficient (Wildman–Crippen LogP) is 2.70. The molecule has 5 heteroatoms. The number of hydrogen-bond acceptors (Lipinski definition) is 2. The van der Waals surface area contributed by atoms with Crippen molar-refractivity contribution in [1.82, 2.24) is 5.32 Å². The molecule has 1 rings (SSSR count). The van der Waals surface area contributed by atoms with Crippen LogP contribution in [0.5, 0.6) is 0 Å². The number of benzene rings is 1. The summed E-state index contributed by atoms with van der Waals surface area (Å²) in [6, 6.07) is 8.63. The summed E-state index contributed by atoms with van der Waals surface area (Å²) in [6.07, 6.45) is 0.953. The molecule has 0 aliphatic heterocycles. The van der Waals surface area contributed by atoms with Gasteiger partial charge >= 0.3 is 12.0 Å². The molecule has 1 aromatic rings. The van der Waals surface area contributed by atoms with Crippen molar-refractivity contribution in [2.45, 2.75) is 26.7 Å². The zero-order valence-electron chi connectivity index (χ0n) is 11.3. The third-order valence-corrected chi connectivity index (χ3v) is 3.43. The number of nitrogens with one attached hydrogen (secondary N) is 2. The van der Waals surface area contributed by atoms with Gasteiger partial charge in [-0.2, -0.15) is 0 Å². The van der Waals surface area contributed by atoms with Crippen molar-refractivity contribution in [3.63, 3.8) is 0 Å². The van der Waals surface area contributed by atoms with E-state index in [0.29, 0.717) is 18.5 Å². The second kappa shape index (κ2) is 6.78. The minimum Gasteiger partial charge on any atom is -0.481 e. The van der Waals surface area contributed by atoms with Gasteiger partial charge in [-0.05, 0) is 25.0 Å². The molecule has 1 aromatic carbocycles. The molecule has 3 N–H and O–H groups in total. The summed E-state index contributed by atoms with van der Waals surface area (Å²) in [5.74, 6) is -0.877. The molecule has 0 heterocycles. The highest BCUT2D eigenvalue weighted by Gasteiger charge is 2.35. The van der Waals surface area contributed by atoms with E-state index in [1.165, 1.54) is 0 Å². The van der Waals surface area contributed by atoms with Gasteiger partial charge in [0.1, 0.15) is 0 Å².